The predicted octanol–water partition coefficient (Wildman–Crippen LogP) is 3.76. The van der Waals surface area contributed by atoms with Gasteiger partial charge >= 0.3 is 0 Å². The van der Waals surface area contributed by atoms with Crippen LogP contribution in [0.2, 0.25) is 0 Å². The third kappa shape index (κ3) is 2.35. The summed E-state index contributed by atoms with van der Waals surface area (Å²) in [5, 5.41) is 0. The average molecular weight is 272 g/mol. The van der Waals surface area contributed by atoms with Gasteiger partial charge < -0.3 is 10.6 Å². The number of para-hydroxylation sites is 1. The van der Waals surface area contributed by atoms with E-state index in [9.17, 15) is 0 Å². The third-order valence-corrected chi connectivity index (χ3v) is 5.68. The number of fused-ring (bicyclic) bond motifs is 1. The summed E-state index contributed by atoms with van der Waals surface area (Å²) in [5.41, 5.74) is 8.83. The summed E-state index contributed by atoms with van der Waals surface area (Å²) in [5.74, 6) is 2.29. The Morgan fingerprint density at radius 1 is 1.20 bits per heavy atom. The third-order valence-electron chi connectivity index (χ3n) is 5.68. The zero-order valence-electron chi connectivity index (χ0n) is 12.9. The molecule has 1 heterocycles. The minimum atomic E-state index is 0.639. The minimum absolute atomic E-state index is 0.639. The van der Waals surface area contributed by atoms with Crippen LogP contribution in [-0.2, 0) is 0 Å². The smallest absolute Gasteiger partial charge is 0.0405 e. The second kappa shape index (κ2) is 5.77. The summed E-state index contributed by atoms with van der Waals surface area (Å²) in [7, 11) is 0. The lowest BCUT2D eigenvalue weighted by Crippen LogP contribution is -2.43. The molecule has 20 heavy (non-hydrogen) atoms. The van der Waals surface area contributed by atoms with Crippen LogP contribution in [0.1, 0.15) is 51.0 Å². The molecule has 2 nitrogen and oxygen atoms in total. The Hall–Kier alpha value is -1.02. The van der Waals surface area contributed by atoms with Gasteiger partial charge in [0.15, 0.2) is 0 Å². The lowest BCUT2D eigenvalue weighted by Gasteiger charge is -2.41. The number of rotatable bonds is 3. The fourth-order valence-electron chi connectivity index (χ4n) is 4.28. The first-order valence-corrected chi connectivity index (χ1v) is 8.28. The highest BCUT2D eigenvalue weighted by molar-refractivity contribution is 5.61. The van der Waals surface area contributed by atoms with Crippen molar-refractivity contribution in [2.24, 2.45) is 17.6 Å². The van der Waals surface area contributed by atoms with E-state index in [0.717, 1.165) is 30.8 Å². The molecule has 4 unspecified atom stereocenters. The largest absolute Gasteiger partial charge is 0.367 e. The minimum Gasteiger partial charge on any atom is -0.367 e. The highest BCUT2D eigenvalue weighted by Crippen LogP contribution is 2.43. The molecule has 0 saturated heterocycles. The molecular formula is C18H28N2. The molecule has 0 spiro atoms. The van der Waals surface area contributed by atoms with Crippen LogP contribution in [0.3, 0.4) is 0 Å². The molecule has 2 N–H and O–H groups in total. The van der Waals surface area contributed by atoms with Crippen LogP contribution in [0.25, 0.3) is 0 Å². The van der Waals surface area contributed by atoms with Gasteiger partial charge in [-0.05, 0) is 42.9 Å². The Balaban J connectivity index is 1.87. The topological polar surface area (TPSA) is 29.3 Å². The zero-order chi connectivity index (χ0) is 14.1. The van der Waals surface area contributed by atoms with Gasteiger partial charge in [0.05, 0.1) is 0 Å². The molecule has 1 aromatic carbocycles. The normalized spacial score (nSPS) is 33.2. The predicted molar refractivity (Wildman–Crippen MR) is 86.2 cm³/mol. The monoisotopic (exact) mass is 272 g/mol. The van der Waals surface area contributed by atoms with Gasteiger partial charge in [-0.2, -0.15) is 0 Å². The average Bonchev–Trinajstić information content (AvgIpc) is 2.82. The summed E-state index contributed by atoms with van der Waals surface area (Å²) in [4.78, 5) is 2.70. The molecule has 3 rings (SSSR count). The van der Waals surface area contributed by atoms with Crippen LogP contribution in [0.15, 0.2) is 24.3 Å². The first-order chi connectivity index (χ1) is 9.72. The maximum atomic E-state index is 5.82. The van der Waals surface area contributed by atoms with E-state index >= 15 is 0 Å². The van der Waals surface area contributed by atoms with Crippen molar-refractivity contribution in [2.75, 3.05) is 18.0 Å². The SMILES string of the molecule is CC1CCCC(N2CC(CCN)c3ccccc32)C1C. The molecule has 1 fully saturated rings. The van der Waals surface area contributed by atoms with Crippen molar-refractivity contribution in [3.05, 3.63) is 29.8 Å². The Labute approximate surface area is 123 Å². The van der Waals surface area contributed by atoms with Gasteiger partial charge in [0, 0.05) is 24.2 Å². The van der Waals surface area contributed by atoms with E-state index in [4.69, 9.17) is 5.73 Å². The van der Waals surface area contributed by atoms with E-state index in [2.05, 4.69) is 43.0 Å². The quantitative estimate of drug-likeness (QED) is 0.907. The van der Waals surface area contributed by atoms with Crippen LogP contribution >= 0.6 is 0 Å². The van der Waals surface area contributed by atoms with Crippen molar-refractivity contribution in [2.45, 2.75) is 51.5 Å². The van der Waals surface area contributed by atoms with Crippen molar-refractivity contribution >= 4 is 5.69 Å². The molecule has 0 radical (unpaired) electrons. The van der Waals surface area contributed by atoms with E-state index in [-0.39, 0.29) is 0 Å². The van der Waals surface area contributed by atoms with E-state index < -0.39 is 0 Å². The lowest BCUT2D eigenvalue weighted by molar-refractivity contribution is 0.230. The molecule has 0 amide bonds. The molecule has 1 aliphatic carbocycles. The maximum Gasteiger partial charge on any atom is 0.0405 e. The molecule has 0 aromatic heterocycles. The number of hydrogen-bond acceptors (Lipinski definition) is 2. The van der Waals surface area contributed by atoms with Crippen molar-refractivity contribution in [1.82, 2.24) is 0 Å². The van der Waals surface area contributed by atoms with Gasteiger partial charge in [-0.15, -0.1) is 0 Å². The fourth-order valence-corrected chi connectivity index (χ4v) is 4.28. The zero-order valence-corrected chi connectivity index (χ0v) is 12.9. The van der Waals surface area contributed by atoms with Crippen molar-refractivity contribution in [1.29, 1.82) is 0 Å². The number of nitrogens with zero attached hydrogens (tertiary/aromatic N) is 1. The first kappa shape index (κ1) is 13.9. The van der Waals surface area contributed by atoms with Crippen LogP contribution in [-0.4, -0.2) is 19.1 Å². The molecule has 0 bridgehead atoms. The molecular weight excluding hydrogens is 244 g/mol. The van der Waals surface area contributed by atoms with Gasteiger partial charge in [0.1, 0.15) is 0 Å². The van der Waals surface area contributed by atoms with Crippen LogP contribution in [0.4, 0.5) is 5.69 Å². The van der Waals surface area contributed by atoms with Gasteiger partial charge in [-0.1, -0.05) is 44.9 Å². The van der Waals surface area contributed by atoms with Crippen LogP contribution < -0.4 is 10.6 Å². The summed E-state index contributed by atoms with van der Waals surface area (Å²) in [6.45, 7) is 6.85. The molecule has 4 atom stereocenters. The molecule has 2 aliphatic rings. The standard InChI is InChI=1S/C18H28N2/c1-13-6-5-9-17(14(13)2)20-12-15(10-11-19)16-7-3-4-8-18(16)20/h3-4,7-8,13-15,17H,5-6,9-12,19H2,1-2H3. The number of nitrogens with two attached hydrogens (primary N) is 1. The van der Waals surface area contributed by atoms with Gasteiger partial charge in [0.25, 0.3) is 0 Å². The molecule has 1 aliphatic heterocycles. The summed E-state index contributed by atoms with van der Waals surface area (Å²) >= 11 is 0. The van der Waals surface area contributed by atoms with Crippen LogP contribution in [0.5, 0.6) is 0 Å². The van der Waals surface area contributed by atoms with Crippen molar-refractivity contribution < 1.29 is 0 Å². The van der Waals surface area contributed by atoms with Gasteiger partial charge in [0.2, 0.25) is 0 Å². The first-order valence-electron chi connectivity index (χ1n) is 8.28. The molecule has 2 heteroatoms. The van der Waals surface area contributed by atoms with Gasteiger partial charge in [-0.25, -0.2) is 0 Å². The lowest BCUT2D eigenvalue weighted by atomic mass is 9.77. The Kier molecular flexibility index (Phi) is 4.02. The second-order valence-corrected chi connectivity index (χ2v) is 6.82. The second-order valence-electron chi connectivity index (χ2n) is 6.82. The van der Waals surface area contributed by atoms with Crippen molar-refractivity contribution in [3.8, 4) is 0 Å². The molecule has 110 valence electrons. The van der Waals surface area contributed by atoms with E-state index in [0.29, 0.717) is 5.92 Å². The summed E-state index contributed by atoms with van der Waals surface area (Å²) in [6, 6.07) is 9.72. The number of anilines is 1. The Morgan fingerprint density at radius 3 is 2.80 bits per heavy atom. The highest BCUT2D eigenvalue weighted by atomic mass is 15.2. The fraction of sp³-hybridized carbons (Fsp3) is 0.667. The maximum absolute atomic E-state index is 5.82. The Morgan fingerprint density at radius 2 is 2.00 bits per heavy atom. The van der Waals surface area contributed by atoms with E-state index in [1.54, 1.807) is 0 Å². The summed E-state index contributed by atoms with van der Waals surface area (Å²) in [6.07, 6.45) is 5.26. The highest BCUT2D eigenvalue weighted by Gasteiger charge is 2.37. The molecule has 1 saturated carbocycles. The van der Waals surface area contributed by atoms with Crippen molar-refractivity contribution in [3.63, 3.8) is 0 Å². The van der Waals surface area contributed by atoms with E-state index in [1.165, 1.54) is 37.1 Å². The molecule has 1 aromatic rings. The van der Waals surface area contributed by atoms with Gasteiger partial charge in [-0.3, -0.25) is 0 Å². The number of benzene rings is 1. The Bertz CT molecular complexity index is 456. The van der Waals surface area contributed by atoms with E-state index in [1.807, 2.05) is 0 Å². The van der Waals surface area contributed by atoms with Crippen LogP contribution in [0, 0.1) is 11.8 Å². The summed E-state index contributed by atoms with van der Waals surface area (Å²) < 4.78 is 0. The number of hydrogen-bond donors (Lipinski definition) is 1.